The molecular formula is C29H41N3O6. The largest absolute Gasteiger partial charge is 0.508 e. The van der Waals surface area contributed by atoms with Crippen molar-refractivity contribution in [3.63, 3.8) is 0 Å². The van der Waals surface area contributed by atoms with Gasteiger partial charge in [0.15, 0.2) is 0 Å². The number of alkyl carbamates (subject to hydrolysis) is 1. The summed E-state index contributed by atoms with van der Waals surface area (Å²) in [4.78, 5) is 42.1. The van der Waals surface area contributed by atoms with Crippen LogP contribution in [0.5, 0.6) is 11.5 Å². The predicted octanol–water partition coefficient (Wildman–Crippen LogP) is 4.43. The van der Waals surface area contributed by atoms with Crippen molar-refractivity contribution < 1.29 is 29.3 Å². The van der Waals surface area contributed by atoms with Crippen LogP contribution in [-0.4, -0.2) is 56.2 Å². The summed E-state index contributed by atoms with van der Waals surface area (Å²) in [6, 6.07) is 10.1. The van der Waals surface area contributed by atoms with Crippen molar-refractivity contribution in [3.8, 4) is 11.5 Å². The third kappa shape index (κ3) is 8.68. The number of nitrogens with zero attached hydrogens (tertiary/aromatic N) is 1. The van der Waals surface area contributed by atoms with Gasteiger partial charge in [-0.05, 0) is 79.2 Å². The summed E-state index contributed by atoms with van der Waals surface area (Å²) in [6.07, 6.45) is -0.709. The molecule has 0 radical (unpaired) electrons. The first-order chi connectivity index (χ1) is 17.5. The highest BCUT2D eigenvalue weighted by Gasteiger charge is 2.43. The molecule has 0 aromatic heterocycles. The molecule has 0 aliphatic heterocycles. The van der Waals surface area contributed by atoms with Crippen molar-refractivity contribution in [2.75, 3.05) is 0 Å². The zero-order chi connectivity index (χ0) is 28.8. The number of phenols is 2. The molecule has 0 bridgehead atoms. The number of para-hydroxylation sites is 1. The molecule has 2 unspecified atom stereocenters. The maximum Gasteiger partial charge on any atom is 0.408 e. The molecule has 0 spiro atoms. The molecule has 38 heavy (non-hydrogen) atoms. The molecule has 2 aromatic rings. The molecule has 9 nitrogen and oxygen atoms in total. The average molecular weight is 528 g/mol. The Bertz CT molecular complexity index is 1120. The van der Waals surface area contributed by atoms with E-state index in [1.54, 1.807) is 85.7 Å². The van der Waals surface area contributed by atoms with Gasteiger partial charge in [-0.2, -0.15) is 0 Å². The fourth-order valence-corrected chi connectivity index (χ4v) is 4.01. The van der Waals surface area contributed by atoms with Gasteiger partial charge in [-0.25, -0.2) is 4.79 Å². The summed E-state index contributed by atoms with van der Waals surface area (Å²) >= 11 is 0. The second kappa shape index (κ2) is 12.2. The molecule has 2 aromatic carbocycles. The Hall–Kier alpha value is -3.75. The highest BCUT2D eigenvalue weighted by Crippen LogP contribution is 2.34. The van der Waals surface area contributed by atoms with Crippen molar-refractivity contribution in [2.24, 2.45) is 0 Å². The van der Waals surface area contributed by atoms with Crippen molar-refractivity contribution in [2.45, 2.75) is 91.1 Å². The smallest absolute Gasteiger partial charge is 0.408 e. The van der Waals surface area contributed by atoms with Gasteiger partial charge in [-0.1, -0.05) is 30.3 Å². The second-order valence-corrected chi connectivity index (χ2v) is 11.6. The van der Waals surface area contributed by atoms with E-state index in [1.165, 1.54) is 23.1 Å². The Morgan fingerprint density at radius 2 is 1.47 bits per heavy atom. The Labute approximate surface area is 225 Å². The molecule has 0 aliphatic rings. The van der Waals surface area contributed by atoms with Crippen molar-refractivity contribution in [3.05, 3.63) is 59.7 Å². The number of phenolic OH excluding ortho intramolecular Hbond substituents is 2. The van der Waals surface area contributed by atoms with Gasteiger partial charge in [-0.15, -0.1) is 0 Å². The molecule has 0 fully saturated rings. The first-order valence-electron chi connectivity index (χ1n) is 12.7. The van der Waals surface area contributed by atoms with Gasteiger partial charge in [0, 0.05) is 23.6 Å². The zero-order valence-corrected chi connectivity index (χ0v) is 23.5. The Balaban J connectivity index is 2.62. The molecule has 0 heterocycles. The van der Waals surface area contributed by atoms with Crippen LogP contribution in [0.15, 0.2) is 48.5 Å². The van der Waals surface area contributed by atoms with Gasteiger partial charge >= 0.3 is 6.09 Å². The third-order valence-corrected chi connectivity index (χ3v) is 5.49. The number of aromatic hydroxyl groups is 2. The van der Waals surface area contributed by atoms with Crippen LogP contribution in [0.2, 0.25) is 0 Å². The number of carbonyl (C=O) groups excluding carboxylic acids is 3. The summed E-state index contributed by atoms with van der Waals surface area (Å²) < 4.78 is 5.42. The second-order valence-electron chi connectivity index (χ2n) is 11.6. The van der Waals surface area contributed by atoms with Gasteiger partial charge in [-0.3, -0.25) is 9.59 Å². The van der Waals surface area contributed by atoms with Gasteiger partial charge in [0.2, 0.25) is 11.8 Å². The van der Waals surface area contributed by atoms with Crippen LogP contribution in [0.25, 0.3) is 0 Å². The maximum absolute atomic E-state index is 14.3. The monoisotopic (exact) mass is 527 g/mol. The van der Waals surface area contributed by atoms with E-state index in [9.17, 15) is 24.6 Å². The molecule has 4 N–H and O–H groups in total. The van der Waals surface area contributed by atoms with Crippen LogP contribution in [-0.2, 0) is 20.7 Å². The summed E-state index contributed by atoms with van der Waals surface area (Å²) in [5.41, 5.74) is -0.761. The SMILES string of the molecule is CC(C)NC(=O)C(c1ccccc1O)N(C(=O)C(Cc1ccc(O)cc1)NC(=O)OC(C)(C)C)C(C)(C)C. The van der Waals surface area contributed by atoms with Gasteiger partial charge in [0.25, 0.3) is 0 Å². The van der Waals surface area contributed by atoms with Crippen molar-refractivity contribution in [1.82, 2.24) is 15.5 Å². The first-order valence-corrected chi connectivity index (χ1v) is 12.7. The van der Waals surface area contributed by atoms with Gasteiger partial charge < -0.3 is 30.5 Å². The topological polar surface area (TPSA) is 128 Å². The number of rotatable bonds is 8. The van der Waals surface area contributed by atoms with Gasteiger partial charge in [0.1, 0.15) is 29.2 Å². The lowest BCUT2D eigenvalue weighted by Gasteiger charge is -2.43. The summed E-state index contributed by atoms with van der Waals surface area (Å²) in [6.45, 7) is 14.1. The maximum atomic E-state index is 14.3. The van der Waals surface area contributed by atoms with E-state index in [4.69, 9.17) is 4.74 Å². The van der Waals surface area contributed by atoms with Crippen LogP contribution >= 0.6 is 0 Å². The first kappa shape index (κ1) is 30.5. The zero-order valence-electron chi connectivity index (χ0n) is 23.5. The van der Waals surface area contributed by atoms with Crippen LogP contribution in [0, 0.1) is 0 Å². The number of carbonyl (C=O) groups is 3. The molecular weight excluding hydrogens is 486 g/mol. The standard InChI is InChI=1S/C29H41N3O6/c1-18(2)30-25(35)24(21-11-9-10-12-23(21)34)32(28(3,4)5)26(36)22(31-27(37)38-29(6,7)8)17-19-13-15-20(33)16-14-19/h9-16,18,22,24,33-34H,17H2,1-8H3,(H,30,35)(H,31,37). The summed E-state index contributed by atoms with van der Waals surface area (Å²) in [5.74, 6) is -1.07. The molecule has 9 heteroatoms. The predicted molar refractivity (Wildman–Crippen MR) is 146 cm³/mol. The molecule has 0 saturated carbocycles. The van der Waals surface area contributed by atoms with E-state index < -0.39 is 41.1 Å². The minimum atomic E-state index is -1.19. The summed E-state index contributed by atoms with van der Waals surface area (Å²) in [7, 11) is 0. The van der Waals surface area contributed by atoms with Crippen LogP contribution < -0.4 is 10.6 Å². The van der Waals surface area contributed by atoms with E-state index in [-0.39, 0.29) is 29.5 Å². The Kier molecular flexibility index (Phi) is 9.78. The highest BCUT2D eigenvalue weighted by atomic mass is 16.6. The lowest BCUT2D eigenvalue weighted by atomic mass is 9.93. The van der Waals surface area contributed by atoms with Gasteiger partial charge in [0.05, 0.1) is 0 Å². The fourth-order valence-electron chi connectivity index (χ4n) is 4.01. The molecule has 0 saturated heterocycles. The fraction of sp³-hybridized carbons (Fsp3) is 0.483. The number of hydrogen-bond donors (Lipinski definition) is 4. The lowest BCUT2D eigenvalue weighted by molar-refractivity contribution is -0.148. The van der Waals surface area contributed by atoms with E-state index in [2.05, 4.69) is 10.6 Å². The molecule has 3 amide bonds. The minimum Gasteiger partial charge on any atom is -0.508 e. The highest BCUT2D eigenvalue weighted by molar-refractivity contribution is 5.93. The quantitative estimate of drug-likeness (QED) is 0.402. The van der Waals surface area contributed by atoms with Crippen LogP contribution in [0.3, 0.4) is 0 Å². The van der Waals surface area contributed by atoms with Crippen LogP contribution in [0.1, 0.15) is 72.6 Å². The van der Waals surface area contributed by atoms with Crippen molar-refractivity contribution >= 4 is 17.9 Å². The minimum absolute atomic E-state index is 0.0676. The molecule has 2 atom stereocenters. The number of nitrogens with one attached hydrogen (secondary N) is 2. The number of hydrogen-bond acceptors (Lipinski definition) is 6. The lowest BCUT2D eigenvalue weighted by Crippen LogP contribution is -2.59. The number of ether oxygens (including phenoxy) is 1. The normalized spacial score (nSPS) is 13.4. The number of amides is 3. The molecule has 0 aliphatic carbocycles. The van der Waals surface area contributed by atoms with Crippen molar-refractivity contribution in [1.29, 1.82) is 0 Å². The number of benzene rings is 2. The third-order valence-electron chi connectivity index (χ3n) is 5.49. The molecule has 2 rings (SSSR count). The Morgan fingerprint density at radius 1 is 0.895 bits per heavy atom. The van der Waals surface area contributed by atoms with E-state index in [0.717, 1.165) is 0 Å². The summed E-state index contributed by atoms with van der Waals surface area (Å²) in [5, 5.41) is 25.9. The van der Waals surface area contributed by atoms with E-state index in [1.807, 2.05) is 0 Å². The van der Waals surface area contributed by atoms with E-state index in [0.29, 0.717) is 5.56 Å². The van der Waals surface area contributed by atoms with E-state index >= 15 is 0 Å². The van der Waals surface area contributed by atoms with Crippen LogP contribution in [0.4, 0.5) is 4.79 Å². The average Bonchev–Trinajstić information content (AvgIpc) is 2.76. The Morgan fingerprint density at radius 3 is 1.97 bits per heavy atom. The molecule has 208 valence electrons.